The number of nitrogens with zero attached hydrogens (tertiary/aromatic N) is 2. The van der Waals surface area contributed by atoms with E-state index in [1.165, 1.54) is 5.56 Å². The van der Waals surface area contributed by atoms with Crippen LogP contribution in [0, 0.1) is 5.92 Å². The molecule has 1 aromatic heterocycles. The molecule has 0 saturated carbocycles. The lowest BCUT2D eigenvalue weighted by Gasteiger charge is -2.40. The normalized spacial score (nSPS) is 20.3. The molecule has 144 valence electrons. The van der Waals surface area contributed by atoms with Crippen molar-refractivity contribution in [2.75, 3.05) is 26.8 Å². The van der Waals surface area contributed by atoms with Crippen LogP contribution in [0.2, 0.25) is 0 Å². The first-order valence-corrected chi connectivity index (χ1v) is 9.72. The van der Waals surface area contributed by atoms with Crippen molar-refractivity contribution in [3.05, 3.63) is 66.0 Å². The minimum absolute atomic E-state index is 0.0360. The molecule has 3 rings (SSSR count). The lowest BCUT2D eigenvalue weighted by atomic mass is 9.88. The first kappa shape index (κ1) is 19.5. The third kappa shape index (κ3) is 5.62. The van der Waals surface area contributed by atoms with Crippen LogP contribution >= 0.6 is 0 Å². The lowest BCUT2D eigenvalue weighted by molar-refractivity contribution is -0.130. The summed E-state index contributed by atoms with van der Waals surface area (Å²) in [5, 5.41) is 3.11. The summed E-state index contributed by atoms with van der Waals surface area (Å²) in [6, 6.07) is 16.4. The number of piperidine rings is 1. The van der Waals surface area contributed by atoms with Crippen LogP contribution in [-0.2, 0) is 22.5 Å². The van der Waals surface area contributed by atoms with Gasteiger partial charge in [-0.3, -0.25) is 14.7 Å². The summed E-state index contributed by atoms with van der Waals surface area (Å²) in [6.07, 6.45) is 4.48. The van der Waals surface area contributed by atoms with E-state index in [1.54, 1.807) is 13.3 Å². The zero-order valence-electron chi connectivity index (χ0n) is 16.0. The number of hydrogen-bond donors (Lipinski definition) is 1. The minimum Gasteiger partial charge on any atom is -0.383 e. The van der Waals surface area contributed by atoms with E-state index in [0.29, 0.717) is 13.2 Å². The van der Waals surface area contributed by atoms with Gasteiger partial charge in [-0.25, -0.2) is 0 Å². The maximum Gasteiger partial charge on any atom is 0.224 e. The van der Waals surface area contributed by atoms with Crippen molar-refractivity contribution in [2.45, 2.75) is 31.8 Å². The average Bonchev–Trinajstić information content (AvgIpc) is 2.71. The Bertz CT molecular complexity index is 693. The van der Waals surface area contributed by atoms with E-state index in [4.69, 9.17) is 4.74 Å². The first-order valence-electron chi connectivity index (χ1n) is 9.72. The summed E-state index contributed by atoms with van der Waals surface area (Å²) in [5.41, 5.74) is 2.27. The molecule has 1 amide bonds. The van der Waals surface area contributed by atoms with Crippen LogP contribution in [-0.4, -0.2) is 48.6 Å². The number of hydrogen-bond acceptors (Lipinski definition) is 4. The van der Waals surface area contributed by atoms with E-state index in [0.717, 1.165) is 38.0 Å². The van der Waals surface area contributed by atoms with Gasteiger partial charge in [-0.15, -0.1) is 0 Å². The van der Waals surface area contributed by atoms with Crippen molar-refractivity contribution in [2.24, 2.45) is 5.92 Å². The molecule has 1 saturated heterocycles. The fraction of sp³-hybridized carbons (Fsp3) is 0.455. The van der Waals surface area contributed by atoms with Gasteiger partial charge in [0.2, 0.25) is 5.91 Å². The van der Waals surface area contributed by atoms with Crippen molar-refractivity contribution in [3.8, 4) is 0 Å². The van der Waals surface area contributed by atoms with Gasteiger partial charge in [-0.1, -0.05) is 36.4 Å². The number of benzene rings is 1. The standard InChI is InChI=1S/C22H29N3O2/c1-27-17-21-20(22(26)24-14-12-19-10-5-6-13-23-19)11-7-15-25(21)16-18-8-3-2-4-9-18/h2-6,8-10,13,20-21H,7,11-12,14-17H2,1H3,(H,24,26)/t20-,21-/m1/s1. The number of amides is 1. The molecule has 0 bridgehead atoms. The number of carbonyl (C=O) groups excluding carboxylic acids is 1. The van der Waals surface area contributed by atoms with Crippen molar-refractivity contribution in [1.29, 1.82) is 0 Å². The fourth-order valence-electron chi connectivity index (χ4n) is 3.83. The Balaban J connectivity index is 1.59. The molecule has 27 heavy (non-hydrogen) atoms. The largest absolute Gasteiger partial charge is 0.383 e. The summed E-state index contributed by atoms with van der Waals surface area (Å²) >= 11 is 0. The van der Waals surface area contributed by atoms with Gasteiger partial charge in [0.15, 0.2) is 0 Å². The first-order chi connectivity index (χ1) is 13.3. The quantitative estimate of drug-likeness (QED) is 0.779. The van der Waals surface area contributed by atoms with Crippen LogP contribution in [0.15, 0.2) is 54.7 Å². The zero-order valence-corrected chi connectivity index (χ0v) is 16.0. The molecule has 0 radical (unpaired) electrons. The summed E-state index contributed by atoms with van der Waals surface area (Å²) in [7, 11) is 1.71. The number of carbonyl (C=O) groups is 1. The molecule has 1 N–H and O–H groups in total. The van der Waals surface area contributed by atoms with Gasteiger partial charge in [0, 0.05) is 44.6 Å². The molecular weight excluding hydrogens is 338 g/mol. The van der Waals surface area contributed by atoms with Crippen molar-refractivity contribution >= 4 is 5.91 Å². The maximum atomic E-state index is 12.9. The highest BCUT2D eigenvalue weighted by Crippen LogP contribution is 2.26. The highest BCUT2D eigenvalue weighted by molar-refractivity contribution is 5.79. The van der Waals surface area contributed by atoms with E-state index in [2.05, 4.69) is 39.5 Å². The molecular formula is C22H29N3O2. The summed E-state index contributed by atoms with van der Waals surface area (Å²) in [5.74, 6) is 0.0943. The third-order valence-electron chi connectivity index (χ3n) is 5.20. The second-order valence-electron chi connectivity index (χ2n) is 7.09. The topological polar surface area (TPSA) is 54.5 Å². The van der Waals surface area contributed by atoms with Crippen molar-refractivity contribution in [3.63, 3.8) is 0 Å². The summed E-state index contributed by atoms with van der Waals surface area (Å²) in [4.78, 5) is 19.6. The Labute approximate surface area is 161 Å². The van der Waals surface area contributed by atoms with Gasteiger partial charge in [0.1, 0.15) is 0 Å². The van der Waals surface area contributed by atoms with E-state index < -0.39 is 0 Å². The molecule has 5 nitrogen and oxygen atoms in total. The molecule has 2 heterocycles. The van der Waals surface area contributed by atoms with Gasteiger partial charge in [-0.2, -0.15) is 0 Å². The van der Waals surface area contributed by atoms with Crippen LogP contribution in [0.5, 0.6) is 0 Å². The Morgan fingerprint density at radius 1 is 1.22 bits per heavy atom. The second kappa shape index (κ2) is 10.2. The highest BCUT2D eigenvalue weighted by atomic mass is 16.5. The number of likely N-dealkylation sites (tertiary alicyclic amines) is 1. The van der Waals surface area contributed by atoms with Crippen LogP contribution in [0.25, 0.3) is 0 Å². The maximum absolute atomic E-state index is 12.9. The Morgan fingerprint density at radius 3 is 2.78 bits per heavy atom. The molecule has 1 fully saturated rings. The zero-order chi connectivity index (χ0) is 18.9. The van der Waals surface area contributed by atoms with Gasteiger partial charge >= 0.3 is 0 Å². The molecule has 1 aliphatic heterocycles. The van der Waals surface area contributed by atoms with Crippen LogP contribution < -0.4 is 5.32 Å². The highest BCUT2D eigenvalue weighted by Gasteiger charge is 2.35. The Morgan fingerprint density at radius 2 is 2.04 bits per heavy atom. The number of nitrogens with one attached hydrogen (secondary N) is 1. The molecule has 5 heteroatoms. The molecule has 2 atom stereocenters. The third-order valence-corrected chi connectivity index (χ3v) is 5.20. The van der Waals surface area contributed by atoms with Crippen LogP contribution in [0.3, 0.4) is 0 Å². The molecule has 0 unspecified atom stereocenters. The molecule has 0 spiro atoms. The van der Waals surface area contributed by atoms with Gasteiger partial charge < -0.3 is 10.1 Å². The van der Waals surface area contributed by atoms with E-state index >= 15 is 0 Å². The van der Waals surface area contributed by atoms with E-state index in [9.17, 15) is 4.79 Å². The SMILES string of the molecule is COC[C@@H]1[C@H](C(=O)NCCc2ccccn2)CCCN1Cc1ccccc1. The van der Waals surface area contributed by atoms with E-state index in [1.807, 2.05) is 24.3 Å². The van der Waals surface area contributed by atoms with Gasteiger partial charge in [0.05, 0.1) is 12.5 Å². The number of methoxy groups -OCH3 is 1. The summed E-state index contributed by atoms with van der Waals surface area (Å²) < 4.78 is 5.47. The van der Waals surface area contributed by atoms with Crippen LogP contribution in [0.4, 0.5) is 0 Å². The smallest absolute Gasteiger partial charge is 0.224 e. The number of rotatable bonds is 8. The molecule has 1 aromatic carbocycles. The van der Waals surface area contributed by atoms with Gasteiger partial charge in [0.25, 0.3) is 0 Å². The fourth-order valence-corrected chi connectivity index (χ4v) is 3.83. The second-order valence-corrected chi connectivity index (χ2v) is 7.09. The number of pyridine rings is 1. The van der Waals surface area contributed by atoms with Crippen LogP contribution in [0.1, 0.15) is 24.1 Å². The minimum atomic E-state index is -0.0360. The van der Waals surface area contributed by atoms with Crippen molar-refractivity contribution < 1.29 is 9.53 Å². The lowest BCUT2D eigenvalue weighted by Crippen LogP contribution is -2.52. The predicted molar refractivity (Wildman–Crippen MR) is 106 cm³/mol. The monoisotopic (exact) mass is 367 g/mol. The Kier molecular flexibility index (Phi) is 7.36. The Hall–Kier alpha value is -2.24. The van der Waals surface area contributed by atoms with E-state index in [-0.39, 0.29) is 17.9 Å². The molecule has 2 aromatic rings. The average molecular weight is 367 g/mol. The molecule has 0 aliphatic carbocycles. The summed E-state index contributed by atoms with van der Waals surface area (Å²) in [6.45, 7) is 3.04. The van der Waals surface area contributed by atoms with Gasteiger partial charge in [-0.05, 0) is 37.1 Å². The number of ether oxygens (including phenoxy) is 1. The molecule has 1 aliphatic rings. The van der Waals surface area contributed by atoms with Crippen molar-refractivity contribution in [1.82, 2.24) is 15.2 Å². The number of aromatic nitrogens is 1. The predicted octanol–water partition coefficient (Wildman–Crippen LogP) is 2.67.